The van der Waals surface area contributed by atoms with Crippen LogP contribution in [0.5, 0.6) is 5.75 Å². The van der Waals surface area contributed by atoms with Crippen LogP contribution in [0.15, 0.2) is 82.2 Å². The number of anilines is 2. The lowest BCUT2D eigenvalue weighted by atomic mass is 10.2. The van der Waals surface area contributed by atoms with Gasteiger partial charge in [0.1, 0.15) is 12.3 Å². The van der Waals surface area contributed by atoms with Crippen LogP contribution in [0.1, 0.15) is 17.3 Å². The van der Waals surface area contributed by atoms with Gasteiger partial charge in [-0.15, -0.1) is 0 Å². The van der Waals surface area contributed by atoms with Crippen molar-refractivity contribution in [3.05, 3.63) is 82.8 Å². The smallest absolute Gasteiger partial charge is 0.337 e. The Morgan fingerprint density at radius 2 is 1.68 bits per heavy atom. The summed E-state index contributed by atoms with van der Waals surface area (Å²) in [4.78, 5) is 24.7. The largest absolute Gasteiger partial charge is 0.494 e. The predicted molar refractivity (Wildman–Crippen MR) is 133 cm³/mol. The summed E-state index contributed by atoms with van der Waals surface area (Å²) in [6, 6.07) is 18.8. The molecule has 0 atom stereocenters. The van der Waals surface area contributed by atoms with Crippen molar-refractivity contribution in [2.24, 2.45) is 0 Å². The maximum Gasteiger partial charge on any atom is 0.337 e. The number of amides is 1. The molecule has 0 fully saturated rings. The Morgan fingerprint density at radius 3 is 2.29 bits per heavy atom. The minimum Gasteiger partial charge on any atom is -0.494 e. The van der Waals surface area contributed by atoms with Crippen molar-refractivity contribution in [3.8, 4) is 5.75 Å². The van der Waals surface area contributed by atoms with E-state index in [1.54, 1.807) is 54.6 Å². The summed E-state index contributed by atoms with van der Waals surface area (Å²) in [6.07, 6.45) is 0. The Kier molecular flexibility index (Phi) is 8.30. The molecule has 3 aromatic carbocycles. The van der Waals surface area contributed by atoms with Crippen molar-refractivity contribution in [2.75, 3.05) is 29.9 Å². The zero-order valence-electron chi connectivity index (χ0n) is 18.5. The molecule has 8 nitrogen and oxygen atoms in total. The second-order valence-corrected chi connectivity index (χ2v) is 9.79. The molecule has 0 saturated heterocycles. The first kappa shape index (κ1) is 25.3. The summed E-state index contributed by atoms with van der Waals surface area (Å²) < 4.78 is 38.8. The van der Waals surface area contributed by atoms with Gasteiger partial charge < -0.3 is 14.8 Å². The van der Waals surface area contributed by atoms with Crippen molar-refractivity contribution in [1.29, 1.82) is 0 Å². The molecule has 0 aromatic heterocycles. The summed E-state index contributed by atoms with van der Waals surface area (Å²) in [7, 11) is -2.81. The van der Waals surface area contributed by atoms with Crippen molar-refractivity contribution in [2.45, 2.75) is 11.8 Å². The molecule has 0 spiro atoms. The topological polar surface area (TPSA) is 102 Å². The summed E-state index contributed by atoms with van der Waals surface area (Å²) >= 11 is 3.30. The van der Waals surface area contributed by atoms with Crippen molar-refractivity contribution < 1.29 is 27.5 Å². The van der Waals surface area contributed by atoms with Gasteiger partial charge in [-0.1, -0.05) is 22.0 Å². The van der Waals surface area contributed by atoms with Gasteiger partial charge in [0.25, 0.3) is 10.0 Å². The average molecular weight is 547 g/mol. The SMILES string of the molecule is CCOc1ccc(N(CC(=O)Nc2cccc(C(=O)OC)c2)S(=O)(=O)c2ccc(Br)cc2)cc1. The van der Waals surface area contributed by atoms with Crippen molar-refractivity contribution in [3.63, 3.8) is 0 Å². The quantitative estimate of drug-likeness (QED) is 0.397. The lowest BCUT2D eigenvalue weighted by Crippen LogP contribution is -2.38. The predicted octanol–water partition coefficient (Wildman–Crippen LogP) is 4.47. The molecule has 1 amide bonds. The molecule has 0 unspecified atom stereocenters. The average Bonchev–Trinajstić information content (AvgIpc) is 2.83. The van der Waals surface area contributed by atoms with Crippen LogP contribution in [0.4, 0.5) is 11.4 Å². The highest BCUT2D eigenvalue weighted by Gasteiger charge is 2.27. The lowest BCUT2D eigenvalue weighted by Gasteiger charge is -2.24. The highest BCUT2D eigenvalue weighted by molar-refractivity contribution is 9.10. The zero-order valence-corrected chi connectivity index (χ0v) is 20.9. The van der Waals surface area contributed by atoms with E-state index in [2.05, 4.69) is 21.2 Å². The van der Waals surface area contributed by atoms with Crippen LogP contribution in [0.25, 0.3) is 0 Å². The molecule has 1 N–H and O–H groups in total. The standard InChI is InChI=1S/C24H23BrN2O6S/c1-3-33-21-11-9-20(10-12-21)27(34(30,31)22-13-7-18(25)8-14-22)16-23(28)26-19-6-4-5-17(15-19)24(29)32-2/h4-15H,3,16H2,1-2H3,(H,26,28). The van der Waals surface area contributed by atoms with E-state index in [0.717, 1.165) is 8.78 Å². The molecule has 10 heteroatoms. The van der Waals surface area contributed by atoms with Gasteiger partial charge in [0, 0.05) is 10.2 Å². The number of carbonyl (C=O) groups excluding carboxylic acids is 2. The fraction of sp³-hybridized carbons (Fsp3) is 0.167. The molecular formula is C24H23BrN2O6S. The zero-order chi connectivity index (χ0) is 24.7. The monoisotopic (exact) mass is 546 g/mol. The van der Waals surface area contributed by atoms with Crippen LogP contribution in [0.3, 0.4) is 0 Å². The molecule has 3 rings (SSSR count). The van der Waals surface area contributed by atoms with Crippen LogP contribution < -0.4 is 14.4 Å². The van der Waals surface area contributed by atoms with Crippen LogP contribution >= 0.6 is 15.9 Å². The van der Waals surface area contributed by atoms with Crippen LogP contribution in [0, 0.1) is 0 Å². The van der Waals surface area contributed by atoms with Crippen molar-refractivity contribution >= 4 is 49.2 Å². The Hall–Kier alpha value is -3.37. The number of sulfonamides is 1. The molecule has 0 aliphatic rings. The molecular weight excluding hydrogens is 524 g/mol. The third-order valence-corrected chi connectivity index (χ3v) is 7.01. The van der Waals surface area contributed by atoms with E-state index in [4.69, 9.17) is 9.47 Å². The van der Waals surface area contributed by atoms with Gasteiger partial charge in [-0.25, -0.2) is 13.2 Å². The molecule has 0 aliphatic heterocycles. The number of methoxy groups -OCH3 is 1. The highest BCUT2D eigenvalue weighted by Crippen LogP contribution is 2.27. The van der Waals surface area contributed by atoms with Crippen LogP contribution in [-0.2, 0) is 19.6 Å². The summed E-state index contributed by atoms with van der Waals surface area (Å²) in [5.74, 6) is -0.558. The first-order valence-corrected chi connectivity index (χ1v) is 12.5. The minimum absolute atomic E-state index is 0.0325. The number of ether oxygens (including phenoxy) is 2. The van der Waals surface area contributed by atoms with Crippen LogP contribution in [-0.4, -0.2) is 40.6 Å². The molecule has 0 heterocycles. The summed E-state index contributed by atoms with van der Waals surface area (Å²) in [5.41, 5.74) is 0.886. The molecule has 0 saturated carbocycles. The Labute approximate surface area is 206 Å². The fourth-order valence-electron chi connectivity index (χ4n) is 3.10. The van der Waals surface area contributed by atoms with Gasteiger partial charge in [0.15, 0.2) is 0 Å². The molecule has 0 aliphatic carbocycles. The third-order valence-electron chi connectivity index (χ3n) is 4.69. The minimum atomic E-state index is -4.07. The van der Waals surface area contributed by atoms with Crippen LogP contribution in [0.2, 0.25) is 0 Å². The molecule has 3 aromatic rings. The highest BCUT2D eigenvalue weighted by atomic mass is 79.9. The van der Waals surface area contributed by atoms with Gasteiger partial charge in [0.2, 0.25) is 5.91 Å². The van der Waals surface area contributed by atoms with Gasteiger partial charge in [-0.3, -0.25) is 9.10 Å². The maximum absolute atomic E-state index is 13.5. The number of esters is 1. The molecule has 34 heavy (non-hydrogen) atoms. The van der Waals surface area contributed by atoms with Crippen molar-refractivity contribution in [1.82, 2.24) is 0 Å². The van der Waals surface area contributed by atoms with E-state index in [9.17, 15) is 18.0 Å². The first-order chi connectivity index (χ1) is 16.2. The van der Waals surface area contributed by atoms with Gasteiger partial charge >= 0.3 is 5.97 Å². The third kappa shape index (κ3) is 6.15. The number of hydrogen-bond donors (Lipinski definition) is 1. The van der Waals surface area contributed by atoms with E-state index < -0.39 is 28.4 Å². The number of nitrogens with zero attached hydrogens (tertiary/aromatic N) is 1. The second kappa shape index (κ2) is 11.2. The summed E-state index contributed by atoms with van der Waals surface area (Å²) in [5, 5.41) is 2.64. The molecule has 178 valence electrons. The normalized spacial score (nSPS) is 10.9. The molecule has 0 radical (unpaired) electrons. The van der Waals surface area contributed by atoms with Gasteiger partial charge in [-0.2, -0.15) is 0 Å². The van der Waals surface area contributed by atoms with Gasteiger partial charge in [-0.05, 0) is 73.7 Å². The lowest BCUT2D eigenvalue weighted by molar-refractivity contribution is -0.114. The van der Waals surface area contributed by atoms with E-state index in [1.807, 2.05) is 6.92 Å². The fourth-order valence-corrected chi connectivity index (χ4v) is 4.78. The Bertz CT molecular complexity index is 1260. The molecule has 0 bridgehead atoms. The maximum atomic E-state index is 13.5. The number of halogens is 1. The van der Waals surface area contributed by atoms with Gasteiger partial charge in [0.05, 0.1) is 29.9 Å². The first-order valence-electron chi connectivity index (χ1n) is 10.2. The second-order valence-electron chi connectivity index (χ2n) is 7.01. The van der Waals surface area contributed by atoms with E-state index in [-0.39, 0.29) is 10.5 Å². The number of hydrogen-bond acceptors (Lipinski definition) is 6. The number of nitrogens with one attached hydrogen (secondary N) is 1. The number of rotatable bonds is 9. The number of carbonyl (C=O) groups is 2. The Morgan fingerprint density at radius 1 is 1.00 bits per heavy atom. The summed E-state index contributed by atoms with van der Waals surface area (Å²) in [6.45, 7) is 1.82. The Balaban J connectivity index is 1.91. The van der Waals surface area contributed by atoms with E-state index in [1.165, 1.54) is 25.3 Å². The number of benzene rings is 3. The van der Waals surface area contributed by atoms with E-state index >= 15 is 0 Å². The van der Waals surface area contributed by atoms with E-state index in [0.29, 0.717) is 23.7 Å².